The first kappa shape index (κ1) is 12.3. The number of hydrogen-bond acceptors (Lipinski definition) is 2. The molecule has 0 aliphatic carbocycles. The van der Waals surface area contributed by atoms with Crippen molar-refractivity contribution in [3.63, 3.8) is 0 Å². The number of nitrogens with two attached hydrogens (primary N) is 1. The van der Waals surface area contributed by atoms with Gasteiger partial charge in [-0.1, -0.05) is 0 Å². The van der Waals surface area contributed by atoms with Crippen LogP contribution < -0.4 is 5.73 Å². The lowest BCUT2D eigenvalue weighted by Gasteiger charge is -2.32. The largest absolute Gasteiger partial charge is 0.391 e. The van der Waals surface area contributed by atoms with Crippen molar-refractivity contribution in [1.29, 1.82) is 0 Å². The summed E-state index contributed by atoms with van der Waals surface area (Å²) < 4.78 is 36.9. The SMILES string of the molecule is NC(=O)CCN1CCC(C(F)(F)F)CC1. The van der Waals surface area contributed by atoms with E-state index in [0.717, 1.165) is 0 Å². The summed E-state index contributed by atoms with van der Waals surface area (Å²) in [7, 11) is 0. The first-order chi connectivity index (χ1) is 6.89. The molecule has 1 aliphatic heterocycles. The third-order valence-electron chi connectivity index (χ3n) is 2.72. The molecule has 0 radical (unpaired) electrons. The second-order valence-electron chi connectivity index (χ2n) is 3.87. The van der Waals surface area contributed by atoms with Gasteiger partial charge in [0.05, 0.1) is 5.92 Å². The Balaban J connectivity index is 2.27. The van der Waals surface area contributed by atoms with E-state index < -0.39 is 18.0 Å². The molecule has 1 aliphatic rings. The highest BCUT2D eigenvalue weighted by molar-refractivity contribution is 5.73. The zero-order valence-corrected chi connectivity index (χ0v) is 8.39. The second-order valence-corrected chi connectivity index (χ2v) is 3.87. The normalized spacial score (nSPS) is 20.5. The Labute approximate surface area is 86.4 Å². The summed E-state index contributed by atoms with van der Waals surface area (Å²) in [4.78, 5) is 12.3. The van der Waals surface area contributed by atoms with Crippen molar-refractivity contribution in [2.24, 2.45) is 11.7 Å². The van der Waals surface area contributed by atoms with Crippen molar-refractivity contribution in [3.05, 3.63) is 0 Å². The minimum Gasteiger partial charge on any atom is -0.370 e. The summed E-state index contributed by atoms with van der Waals surface area (Å²) in [5.74, 6) is -1.59. The summed E-state index contributed by atoms with van der Waals surface area (Å²) in [6.07, 6.45) is -3.60. The van der Waals surface area contributed by atoms with E-state index in [2.05, 4.69) is 0 Å². The molecule has 0 aromatic heterocycles. The lowest BCUT2D eigenvalue weighted by Crippen LogP contribution is -2.40. The van der Waals surface area contributed by atoms with Gasteiger partial charge in [0.15, 0.2) is 0 Å². The Hall–Kier alpha value is -0.780. The van der Waals surface area contributed by atoms with E-state index in [9.17, 15) is 18.0 Å². The second kappa shape index (κ2) is 4.83. The number of carbonyl (C=O) groups is 1. The van der Waals surface area contributed by atoms with Crippen LogP contribution in [0.5, 0.6) is 0 Å². The fraction of sp³-hybridized carbons (Fsp3) is 0.889. The van der Waals surface area contributed by atoms with Gasteiger partial charge in [-0.05, 0) is 25.9 Å². The molecule has 1 heterocycles. The Morgan fingerprint density at radius 1 is 1.33 bits per heavy atom. The van der Waals surface area contributed by atoms with E-state index in [0.29, 0.717) is 19.6 Å². The van der Waals surface area contributed by atoms with Crippen LogP contribution >= 0.6 is 0 Å². The lowest BCUT2D eigenvalue weighted by atomic mass is 9.96. The van der Waals surface area contributed by atoms with Gasteiger partial charge in [0, 0.05) is 13.0 Å². The first-order valence-corrected chi connectivity index (χ1v) is 4.97. The van der Waals surface area contributed by atoms with E-state index in [1.807, 2.05) is 4.90 Å². The van der Waals surface area contributed by atoms with Gasteiger partial charge >= 0.3 is 6.18 Å². The molecule has 15 heavy (non-hydrogen) atoms. The van der Waals surface area contributed by atoms with Gasteiger partial charge in [-0.15, -0.1) is 0 Å². The summed E-state index contributed by atoms with van der Waals surface area (Å²) in [5.41, 5.74) is 4.96. The molecule has 0 bridgehead atoms. The average molecular weight is 224 g/mol. The Morgan fingerprint density at radius 3 is 2.27 bits per heavy atom. The number of amides is 1. The number of primary amides is 1. The van der Waals surface area contributed by atoms with Crippen molar-refractivity contribution in [2.75, 3.05) is 19.6 Å². The minimum atomic E-state index is -4.07. The molecule has 0 spiro atoms. The van der Waals surface area contributed by atoms with Crippen molar-refractivity contribution in [1.82, 2.24) is 4.90 Å². The highest BCUT2D eigenvalue weighted by atomic mass is 19.4. The molecule has 1 fully saturated rings. The van der Waals surface area contributed by atoms with Crippen LogP contribution in [0, 0.1) is 5.92 Å². The molecule has 1 rings (SSSR count). The van der Waals surface area contributed by atoms with Crippen LogP contribution in [0.15, 0.2) is 0 Å². The monoisotopic (exact) mass is 224 g/mol. The maximum absolute atomic E-state index is 12.3. The molecule has 3 nitrogen and oxygen atoms in total. The molecular weight excluding hydrogens is 209 g/mol. The molecule has 0 aromatic rings. The smallest absolute Gasteiger partial charge is 0.370 e. The third kappa shape index (κ3) is 4.07. The van der Waals surface area contributed by atoms with Crippen LogP contribution in [-0.4, -0.2) is 36.6 Å². The quantitative estimate of drug-likeness (QED) is 0.781. The van der Waals surface area contributed by atoms with Crippen LogP contribution in [0.2, 0.25) is 0 Å². The van der Waals surface area contributed by atoms with Gasteiger partial charge in [-0.3, -0.25) is 4.79 Å². The maximum Gasteiger partial charge on any atom is 0.391 e. The van der Waals surface area contributed by atoms with Crippen LogP contribution in [-0.2, 0) is 4.79 Å². The predicted molar refractivity (Wildman–Crippen MR) is 49.0 cm³/mol. The standard InChI is InChI=1S/C9H15F3N2O/c10-9(11,12)7-1-4-14(5-2-7)6-3-8(13)15/h7H,1-6H2,(H2,13,15). The van der Waals surface area contributed by atoms with Crippen molar-refractivity contribution in [2.45, 2.75) is 25.4 Å². The summed E-state index contributed by atoms with van der Waals surface area (Å²) in [6, 6.07) is 0. The van der Waals surface area contributed by atoms with Gasteiger partial charge in [0.1, 0.15) is 0 Å². The van der Waals surface area contributed by atoms with E-state index in [1.54, 1.807) is 0 Å². The number of likely N-dealkylation sites (tertiary alicyclic amines) is 1. The highest BCUT2D eigenvalue weighted by Crippen LogP contribution is 2.33. The zero-order chi connectivity index (χ0) is 11.5. The van der Waals surface area contributed by atoms with Gasteiger partial charge in [0.2, 0.25) is 5.91 Å². The van der Waals surface area contributed by atoms with Gasteiger partial charge < -0.3 is 10.6 Å². The minimum absolute atomic E-state index is 0.127. The Kier molecular flexibility index (Phi) is 3.96. The average Bonchev–Trinajstić information content (AvgIpc) is 2.14. The fourth-order valence-corrected chi connectivity index (χ4v) is 1.75. The van der Waals surface area contributed by atoms with E-state index in [4.69, 9.17) is 5.73 Å². The number of hydrogen-bond donors (Lipinski definition) is 1. The number of nitrogens with zero attached hydrogens (tertiary/aromatic N) is 1. The Bertz CT molecular complexity index is 222. The number of rotatable bonds is 3. The topological polar surface area (TPSA) is 46.3 Å². The van der Waals surface area contributed by atoms with E-state index in [1.165, 1.54) is 0 Å². The van der Waals surface area contributed by atoms with Crippen LogP contribution in [0.3, 0.4) is 0 Å². The lowest BCUT2D eigenvalue weighted by molar-refractivity contribution is -0.185. The van der Waals surface area contributed by atoms with Gasteiger partial charge in [-0.2, -0.15) is 13.2 Å². The molecule has 88 valence electrons. The van der Waals surface area contributed by atoms with E-state index >= 15 is 0 Å². The summed E-state index contributed by atoms with van der Waals surface area (Å²) in [5, 5.41) is 0. The molecule has 2 N–H and O–H groups in total. The van der Waals surface area contributed by atoms with Crippen LogP contribution in [0.25, 0.3) is 0 Å². The highest BCUT2D eigenvalue weighted by Gasteiger charge is 2.40. The number of halogens is 3. The van der Waals surface area contributed by atoms with Crippen molar-refractivity contribution >= 4 is 5.91 Å². The summed E-state index contributed by atoms with van der Waals surface area (Å²) in [6.45, 7) is 1.27. The molecule has 0 saturated carbocycles. The molecule has 1 amide bonds. The van der Waals surface area contributed by atoms with Crippen molar-refractivity contribution < 1.29 is 18.0 Å². The van der Waals surface area contributed by atoms with E-state index in [-0.39, 0.29) is 19.3 Å². The van der Waals surface area contributed by atoms with Gasteiger partial charge in [0.25, 0.3) is 0 Å². The number of piperidine rings is 1. The van der Waals surface area contributed by atoms with Crippen LogP contribution in [0.1, 0.15) is 19.3 Å². The zero-order valence-electron chi connectivity index (χ0n) is 8.39. The predicted octanol–water partition coefficient (Wildman–Crippen LogP) is 1.14. The number of alkyl halides is 3. The maximum atomic E-state index is 12.3. The van der Waals surface area contributed by atoms with Crippen LogP contribution in [0.4, 0.5) is 13.2 Å². The first-order valence-electron chi connectivity index (χ1n) is 4.97. The van der Waals surface area contributed by atoms with Gasteiger partial charge in [-0.25, -0.2) is 0 Å². The fourth-order valence-electron chi connectivity index (χ4n) is 1.75. The summed E-state index contributed by atoms with van der Waals surface area (Å²) >= 11 is 0. The molecule has 0 atom stereocenters. The molecular formula is C9H15F3N2O. The third-order valence-corrected chi connectivity index (χ3v) is 2.72. The Morgan fingerprint density at radius 2 is 1.87 bits per heavy atom. The van der Waals surface area contributed by atoms with Crippen molar-refractivity contribution in [3.8, 4) is 0 Å². The number of carbonyl (C=O) groups excluding carboxylic acids is 1. The molecule has 0 unspecified atom stereocenters. The molecule has 6 heteroatoms. The molecule has 1 saturated heterocycles. The molecule has 0 aromatic carbocycles.